The van der Waals surface area contributed by atoms with Gasteiger partial charge in [0.05, 0.1) is 17.5 Å². The van der Waals surface area contributed by atoms with E-state index >= 15 is 0 Å². The molecule has 0 bridgehead atoms. The molecule has 0 N–H and O–H groups in total. The normalized spacial score (nSPS) is 18.1. The minimum Gasteiger partial charge on any atom is -0.493 e. The number of hydrogen-bond donors (Lipinski definition) is 0. The van der Waals surface area contributed by atoms with Crippen molar-refractivity contribution < 1.29 is 22.6 Å². The zero-order valence-corrected chi connectivity index (χ0v) is 17.2. The van der Waals surface area contributed by atoms with Crippen molar-refractivity contribution in [3.63, 3.8) is 0 Å². The predicted octanol–water partition coefficient (Wildman–Crippen LogP) is 5.81. The Hall–Kier alpha value is -1.73. The number of rotatable bonds is 6. The van der Waals surface area contributed by atoms with E-state index in [0.29, 0.717) is 37.6 Å². The maximum absolute atomic E-state index is 13.1. The molecule has 1 saturated heterocycles. The Morgan fingerprint density at radius 1 is 1.14 bits per heavy atom. The highest BCUT2D eigenvalue weighted by Crippen LogP contribution is 2.40. The second-order valence-electron chi connectivity index (χ2n) is 6.96. The number of benzene rings is 2. The monoisotopic (exact) mass is 457 g/mol. The molecule has 28 heavy (non-hydrogen) atoms. The van der Waals surface area contributed by atoms with Crippen LogP contribution in [-0.4, -0.2) is 31.3 Å². The number of hydrogen-bond acceptors (Lipinski definition) is 3. The van der Waals surface area contributed by atoms with E-state index in [0.717, 1.165) is 15.6 Å². The van der Waals surface area contributed by atoms with Crippen LogP contribution in [0.2, 0.25) is 0 Å². The molecule has 0 amide bonds. The van der Waals surface area contributed by atoms with Crippen LogP contribution in [0.15, 0.2) is 46.9 Å². The first-order valence-electron chi connectivity index (χ1n) is 9.19. The van der Waals surface area contributed by atoms with E-state index in [4.69, 9.17) is 9.47 Å². The zero-order chi connectivity index (χ0) is 20.1. The van der Waals surface area contributed by atoms with Gasteiger partial charge in [0.2, 0.25) is 0 Å². The number of piperidine rings is 1. The van der Waals surface area contributed by atoms with Crippen LogP contribution < -0.4 is 9.47 Å². The molecule has 2 aromatic carbocycles. The van der Waals surface area contributed by atoms with Gasteiger partial charge in [0.25, 0.3) is 0 Å². The van der Waals surface area contributed by atoms with Gasteiger partial charge in [-0.15, -0.1) is 0 Å². The smallest absolute Gasteiger partial charge is 0.393 e. The van der Waals surface area contributed by atoms with Crippen LogP contribution in [0.5, 0.6) is 11.5 Å². The van der Waals surface area contributed by atoms with Gasteiger partial charge in [-0.1, -0.05) is 36.4 Å². The second-order valence-corrected chi connectivity index (χ2v) is 7.75. The summed E-state index contributed by atoms with van der Waals surface area (Å²) in [5.74, 6) is -0.112. The molecule has 7 heteroatoms. The van der Waals surface area contributed by atoms with Crippen molar-refractivity contribution in [2.45, 2.75) is 32.2 Å². The Morgan fingerprint density at radius 2 is 1.89 bits per heavy atom. The van der Waals surface area contributed by atoms with E-state index in [1.807, 2.05) is 41.3 Å². The van der Waals surface area contributed by atoms with E-state index in [-0.39, 0.29) is 13.0 Å². The fraction of sp³-hybridized carbons (Fsp3) is 0.429. The van der Waals surface area contributed by atoms with Gasteiger partial charge in [-0.2, -0.15) is 13.2 Å². The maximum atomic E-state index is 13.1. The quantitative estimate of drug-likeness (QED) is 0.546. The number of ether oxygens (including phenoxy) is 2. The minimum absolute atomic E-state index is 0.0299. The Kier molecular flexibility index (Phi) is 6.88. The Morgan fingerprint density at radius 3 is 2.57 bits per heavy atom. The van der Waals surface area contributed by atoms with Crippen LogP contribution in [-0.2, 0) is 13.2 Å². The Balaban J connectivity index is 1.75. The van der Waals surface area contributed by atoms with Gasteiger partial charge >= 0.3 is 6.18 Å². The molecule has 1 fully saturated rings. The first kappa shape index (κ1) is 21.0. The van der Waals surface area contributed by atoms with E-state index in [1.54, 1.807) is 13.2 Å². The topological polar surface area (TPSA) is 21.7 Å². The largest absolute Gasteiger partial charge is 0.493 e. The standard InChI is InChI=1S/C21H23BrF3NO2/c1-27-18-10-9-16(12-26-11-5-8-17(13-26)21(23,24)25)19(22)20(18)28-14-15-6-3-2-4-7-15/h2-4,6-7,9-10,17H,5,8,11-14H2,1H3. The highest BCUT2D eigenvalue weighted by Gasteiger charge is 2.41. The second kappa shape index (κ2) is 9.18. The third kappa shape index (κ3) is 5.20. The molecule has 0 aliphatic carbocycles. The third-order valence-corrected chi connectivity index (χ3v) is 5.82. The number of nitrogens with zero attached hydrogens (tertiary/aromatic N) is 1. The maximum Gasteiger partial charge on any atom is 0.393 e. The lowest BCUT2D eigenvalue weighted by Crippen LogP contribution is -2.41. The van der Waals surface area contributed by atoms with Crippen LogP contribution in [0, 0.1) is 5.92 Å². The van der Waals surface area contributed by atoms with Gasteiger partial charge in [-0.25, -0.2) is 0 Å². The number of methoxy groups -OCH3 is 1. The third-order valence-electron chi connectivity index (χ3n) is 4.95. The first-order valence-corrected chi connectivity index (χ1v) is 9.99. The number of alkyl halides is 3. The molecule has 1 aliphatic heterocycles. The van der Waals surface area contributed by atoms with Crippen LogP contribution in [0.4, 0.5) is 13.2 Å². The molecular formula is C21H23BrF3NO2. The van der Waals surface area contributed by atoms with Gasteiger partial charge in [0.1, 0.15) is 6.61 Å². The SMILES string of the molecule is COc1ccc(CN2CCCC(C(F)(F)F)C2)c(Br)c1OCc1ccccc1. The molecule has 152 valence electrons. The molecular weight excluding hydrogens is 435 g/mol. The van der Waals surface area contributed by atoms with Crippen LogP contribution in [0.1, 0.15) is 24.0 Å². The molecule has 2 aromatic rings. The highest BCUT2D eigenvalue weighted by atomic mass is 79.9. The fourth-order valence-electron chi connectivity index (χ4n) is 3.43. The van der Waals surface area contributed by atoms with E-state index in [2.05, 4.69) is 15.9 Å². The van der Waals surface area contributed by atoms with E-state index < -0.39 is 12.1 Å². The number of halogens is 4. The molecule has 0 radical (unpaired) electrons. The molecule has 1 aliphatic rings. The summed E-state index contributed by atoms with van der Waals surface area (Å²) >= 11 is 3.57. The minimum atomic E-state index is -4.14. The molecule has 0 aromatic heterocycles. The predicted molar refractivity (Wildman–Crippen MR) is 106 cm³/mol. The van der Waals surface area contributed by atoms with Crippen LogP contribution in [0.25, 0.3) is 0 Å². The van der Waals surface area contributed by atoms with E-state index in [1.165, 1.54) is 0 Å². The summed E-state index contributed by atoms with van der Waals surface area (Å²) in [4.78, 5) is 1.86. The summed E-state index contributed by atoms with van der Waals surface area (Å²) in [6.07, 6.45) is -3.38. The highest BCUT2D eigenvalue weighted by molar-refractivity contribution is 9.10. The molecule has 1 atom stereocenters. The summed E-state index contributed by atoms with van der Waals surface area (Å²) in [6, 6.07) is 13.4. The average Bonchev–Trinajstić information content (AvgIpc) is 2.69. The van der Waals surface area contributed by atoms with Gasteiger partial charge in [0.15, 0.2) is 11.5 Å². The molecule has 0 saturated carbocycles. The Bertz CT molecular complexity index is 783. The summed E-state index contributed by atoms with van der Waals surface area (Å²) in [5.41, 5.74) is 1.90. The average molecular weight is 458 g/mol. The summed E-state index contributed by atoms with van der Waals surface area (Å²) < 4.78 is 51.4. The van der Waals surface area contributed by atoms with Gasteiger partial charge in [-0.05, 0) is 52.5 Å². The van der Waals surface area contributed by atoms with Crippen molar-refractivity contribution in [3.05, 3.63) is 58.1 Å². The molecule has 0 spiro atoms. The van der Waals surface area contributed by atoms with Crippen molar-refractivity contribution in [1.82, 2.24) is 4.90 Å². The lowest BCUT2D eigenvalue weighted by atomic mass is 9.97. The van der Waals surface area contributed by atoms with Crippen molar-refractivity contribution in [3.8, 4) is 11.5 Å². The van der Waals surface area contributed by atoms with E-state index in [9.17, 15) is 13.2 Å². The fourth-order valence-corrected chi connectivity index (χ4v) is 4.00. The molecule has 3 rings (SSSR count). The summed E-state index contributed by atoms with van der Waals surface area (Å²) in [5, 5.41) is 0. The van der Waals surface area contributed by atoms with Crippen molar-refractivity contribution >= 4 is 15.9 Å². The zero-order valence-electron chi connectivity index (χ0n) is 15.6. The lowest BCUT2D eigenvalue weighted by molar-refractivity contribution is -0.187. The van der Waals surface area contributed by atoms with Crippen LogP contribution in [0.3, 0.4) is 0 Å². The van der Waals surface area contributed by atoms with Gasteiger partial charge < -0.3 is 9.47 Å². The van der Waals surface area contributed by atoms with Gasteiger partial charge in [0, 0.05) is 13.1 Å². The summed E-state index contributed by atoms with van der Waals surface area (Å²) in [6.45, 7) is 1.49. The van der Waals surface area contributed by atoms with Crippen LogP contribution >= 0.6 is 15.9 Å². The van der Waals surface area contributed by atoms with Crippen molar-refractivity contribution in [2.24, 2.45) is 5.92 Å². The Labute approximate surface area is 171 Å². The molecule has 1 unspecified atom stereocenters. The van der Waals surface area contributed by atoms with Crippen molar-refractivity contribution in [1.29, 1.82) is 0 Å². The van der Waals surface area contributed by atoms with Crippen molar-refractivity contribution in [2.75, 3.05) is 20.2 Å². The molecule has 1 heterocycles. The van der Waals surface area contributed by atoms with Gasteiger partial charge in [-0.3, -0.25) is 4.90 Å². The summed E-state index contributed by atoms with van der Waals surface area (Å²) in [7, 11) is 1.56. The molecule has 3 nitrogen and oxygen atoms in total. The lowest BCUT2D eigenvalue weighted by Gasteiger charge is -2.34. The first-order chi connectivity index (χ1) is 13.4. The number of likely N-dealkylation sites (tertiary alicyclic amines) is 1.